The molecule has 1 aromatic rings. The van der Waals surface area contributed by atoms with Gasteiger partial charge < -0.3 is 20.3 Å². The molecule has 0 aromatic heterocycles. The first-order valence-electron chi connectivity index (χ1n) is 6.79. The first-order valence-corrected chi connectivity index (χ1v) is 6.79. The van der Waals surface area contributed by atoms with Crippen LogP contribution in [0.3, 0.4) is 0 Å². The summed E-state index contributed by atoms with van der Waals surface area (Å²) in [6.07, 6.45) is 2.36. The van der Waals surface area contributed by atoms with E-state index in [1.165, 1.54) is 23.4 Å². The quantitative estimate of drug-likeness (QED) is 0.829. The molecular weight excluding hydrogens is 226 g/mol. The summed E-state index contributed by atoms with van der Waals surface area (Å²) in [7, 11) is 1.77. The predicted octanol–water partition coefficient (Wildman–Crippen LogP) is 1.46. The van der Waals surface area contributed by atoms with Crippen molar-refractivity contribution in [2.45, 2.75) is 12.8 Å². The monoisotopic (exact) mass is 247 g/mol. The van der Waals surface area contributed by atoms with Crippen molar-refractivity contribution >= 4 is 11.4 Å². The van der Waals surface area contributed by atoms with Crippen LogP contribution < -0.4 is 20.3 Å². The number of nitrogens with zero attached hydrogens (tertiary/aromatic N) is 1. The summed E-state index contributed by atoms with van der Waals surface area (Å²) < 4.78 is 5.57. The van der Waals surface area contributed by atoms with Crippen molar-refractivity contribution in [1.29, 1.82) is 0 Å². The molecule has 1 aromatic carbocycles. The molecule has 2 aliphatic heterocycles. The van der Waals surface area contributed by atoms with Crippen LogP contribution in [0.2, 0.25) is 0 Å². The maximum Gasteiger partial charge on any atom is 0.142 e. The minimum absolute atomic E-state index is 1.01. The molecule has 0 amide bonds. The highest BCUT2D eigenvalue weighted by Crippen LogP contribution is 2.39. The molecule has 0 atom stereocenters. The highest BCUT2D eigenvalue weighted by atomic mass is 16.5. The smallest absolute Gasteiger partial charge is 0.142 e. The Kier molecular flexibility index (Phi) is 3.28. The van der Waals surface area contributed by atoms with Gasteiger partial charge in [-0.2, -0.15) is 0 Å². The van der Waals surface area contributed by atoms with Gasteiger partial charge >= 0.3 is 0 Å². The van der Waals surface area contributed by atoms with E-state index in [1.807, 2.05) is 0 Å². The Bertz CT molecular complexity index is 427. The van der Waals surface area contributed by atoms with Crippen LogP contribution in [-0.2, 0) is 6.42 Å². The van der Waals surface area contributed by atoms with Crippen LogP contribution in [0.5, 0.6) is 5.75 Å². The highest BCUT2D eigenvalue weighted by molar-refractivity contribution is 5.74. The summed E-state index contributed by atoms with van der Waals surface area (Å²) >= 11 is 0. The Labute approximate surface area is 108 Å². The van der Waals surface area contributed by atoms with Gasteiger partial charge in [0.05, 0.1) is 12.8 Å². The first-order chi connectivity index (χ1) is 8.90. The van der Waals surface area contributed by atoms with Gasteiger partial charge in [-0.1, -0.05) is 0 Å². The number of hydrogen-bond donors (Lipinski definition) is 2. The van der Waals surface area contributed by atoms with Crippen molar-refractivity contribution in [3.05, 3.63) is 17.7 Å². The van der Waals surface area contributed by atoms with Gasteiger partial charge in [-0.25, -0.2) is 0 Å². The van der Waals surface area contributed by atoms with Crippen molar-refractivity contribution in [3.8, 4) is 5.75 Å². The summed E-state index contributed by atoms with van der Waals surface area (Å²) in [5.41, 5.74) is 4.03. The molecule has 4 nitrogen and oxygen atoms in total. The van der Waals surface area contributed by atoms with E-state index in [4.69, 9.17) is 4.74 Å². The molecule has 0 unspecified atom stereocenters. The maximum atomic E-state index is 5.57. The molecule has 4 heteroatoms. The second-order valence-electron chi connectivity index (χ2n) is 4.91. The SMILES string of the molecule is COc1ccc2c(c1N1CCNCC1)CCCN2. The molecule has 18 heavy (non-hydrogen) atoms. The Morgan fingerprint density at radius 3 is 2.78 bits per heavy atom. The van der Waals surface area contributed by atoms with Crippen molar-refractivity contribution < 1.29 is 4.74 Å². The van der Waals surface area contributed by atoms with Crippen LogP contribution in [-0.4, -0.2) is 39.8 Å². The molecule has 1 saturated heterocycles. The molecule has 1 fully saturated rings. The fourth-order valence-electron chi connectivity index (χ4n) is 2.92. The van der Waals surface area contributed by atoms with Gasteiger partial charge in [-0.05, 0) is 25.0 Å². The van der Waals surface area contributed by atoms with Crippen LogP contribution in [0.25, 0.3) is 0 Å². The fraction of sp³-hybridized carbons (Fsp3) is 0.571. The highest BCUT2D eigenvalue weighted by Gasteiger charge is 2.22. The van der Waals surface area contributed by atoms with E-state index in [9.17, 15) is 0 Å². The minimum Gasteiger partial charge on any atom is -0.495 e. The van der Waals surface area contributed by atoms with E-state index in [1.54, 1.807) is 7.11 Å². The summed E-state index contributed by atoms with van der Waals surface area (Å²) in [6, 6.07) is 4.24. The zero-order valence-corrected chi connectivity index (χ0v) is 11.0. The standard InChI is InChI=1S/C14H21N3O/c1-18-13-5-4-12-11(3-2-6-16-12)14(13)17-9-7-15-8-10-17/h4-5,15-16H,2-3,6-10H2,1H3. The Morgan fingerprint density at radius 2 is 2.00 bits per heavy atom. The van der Waals surface area contributed by atoms with Crippen molar-refractivity contribution in [3.63, 3.8) is 0 Å². The molecule has 0 radical (unpaired) electrons. The average Bonchev–Trinajstić information content (AvgIpc) is 2.47. The third-order valence-corrected chi connectivity index (χ3v) is 3.82. The van der Waals surface area contributed by atoms with Gasteiger partial charge in [0.1, 0.15) is 5.75 Å². The molecule has 2 aliphatic rings. The lowest BCUT2D eigenvalue weighted by atomic mass is 9.99. The number of benzene rings is 1. The van der Waals surface area contributed by atoms with Gasteiger partial charge in [0.15, 0.2) is 0 Å². The van der Waals surface area contributed by atoms with E-state index in [0.29, 0.717) is 0 Å². The molecule has 98 valence electrons. The first kappa shape index (κ1) is 11.7. The molecule has 0 saturated carbocycles. The molecule has 3 rings (SSSR count). The van der Waals surface area contributed by atoms with Gasteiger partial charge in [0.2, 0.25) is 0 Å². The lowest BCUT2D eigenvalue weighted by Crippen LogP contribution is -2.44. The summed E-state index contributed by atoms with van der Waals surface area (Å²) in [4.78, 5) is 2.46. The van der Waals surface area contributed by atoms with Crippen LogP contribution >= 0.6 is 0 Å². The Hall–Kier alpha value is -1.42. The van der Waals surface area contributed by atoms with E-state index >= 15 is 0 Å². The molecule has 0 bridgehead atoms. The van der Waals surface area contributed by atoms with E-state index < -0.39 is 0 Å². The molecule has 2 N–H and O–H groups in total. The number of hydrogen-bond acceptors (Lipinski definition) is 4. The molecule has 0 aliphatic carbocycles. The molecule has 0 spiro atoms. The number of rotatable bonds is 2. The number of nitrogens with one attached hydrogen (secondary N) is 2. The van der Waals surface area contributed by atoms with Crippen LogP contribution in [0.15, 0.2) is 12.1 Å². The lowest BCUT2D eigenvalue weighted by Gasteiger charge is -2.34. The zero-order valence-electron chi connectivity index (χ0n) is 11.0. The minimum atomic E-state index is 1.01. The van der Waals surface area contributed by atoms with Crippen molar-refractivity contribution in [1.82, 2.24) is 5.32 Å². The van der Waals surface area contributed by atoms with Crippen LogP contribution in [0, 0.1) is 0 Å². The second-order valence-corrected chi connectivity index (χ2v) is 4.91. The van der Waals surface area contributed by atoms with Gasteiger partial charge in [0.25, 0.3) is 0 Å². The number of methoxy groups -OCH3 is 1. The lowest BCUT2D eigenvalue weighted by molar-refractivity contribution is 0.412. The molecular formula is C14H21N3O. The topological polar surface area (TPSA) is 36.5 Å². The van der Waals surface area contributed by atoms with E-state index in [0.717, 1.165) is 44.9 Å². The van der Waals surface area contributed by atoms with Crippen LogP contribution in [0.4, 0.5) is 11.4 Å². The van der Waals surface area contributed by atoms with Crippen molar-refractivity contribution in [2.75, 3.05) is 50.1 Å². The van der Waals surface area contributed by atoms with Crippen LogP contribution in [0.1, 0.15) is 12.0 Å². The number of piperazine rings is 1. The number of ether oxygens (including phenoxy) is 1. The van der Waals surface area contributed by atoms with Crippen molar-refractivity contribution in [2.24, 2.45) is 0 Å². The van der Waals surface area contributed by atoms with E-state index in [2.05, 4.69) is 27.7 Å². The van der Waals surface area contributed by atoms with Gasteiger partial charge in [-0.15, -0.1) is 0 Å². The third kappa shape index (κ3) is 2.01. The van der Waals surface area contributed by atoms with E-state index in [-0.39, 0.29) is 0 Å². The maximum absolute atomic E-state index is 5.57. The van der Waals surface area contributed by atoms with Gasteiger partial charge in [-0.3, -0.25) is 0 Å². The third-order valence-electron chi connectivity index (χ3n) is 3.82. The number of anilines is 2. The number of fused-ring (bicyclic) bond motifs is 1. The average molecular weight is 247 g/mol. The summed E-state index contributed by atoms with van der Waals surface area (Å²) in [6.45, 7) is 5.32. The van der Waals surface area contributed by atoms with Gasteiger partial charge in [0, 0.05) is 44.0 Å². The fourth-order valence-corrected chi connectivity index (χ4v) is 2.92. The Balaban J connectivity index is 2.03. The summed E-state index contributed by atoms with van der Waals surface area (Å²) in [5, 5.41) is 6.90. The zero-order chi connectivity index (χ0) is 12.4. The normalized spacial score (nSPS) is 19.1. The largest absolute Gasteiger partial charge is 0.495 e. The summed E-state index contributed by atoms with van der Waals surface area (Å²) in [5.74, 6) is 1.01. The second kappa shape index (κ2) is 5.06. The predicted molar refractivity (Wildman–Crippen MR) is 74.9 cm³/mol. The molecule has 2 heterocycles. The Morgan fingerprint density at radius 1 is 1.17 bits per heavy atom.